The van der Waals surface area contributed by atoms with Crippen molar-refractivity contribution in [2.75, 3.05) is 26.9 Å². The lowest BCUT2D eigenvalue weighted by atomic mass is 10.2. The molecule has 18 heavy (non-hydrogen) atoms. The predicted octanol–water partition coefficient (Wildman–Crippen LogP) is 1.16. The van der Waals surface area contributed by atoms with Crippen molar-refractivity contribution in [2.45, 2.75) is 39.3 Å². The van der Waals surface area contributed by atoms with Crippen LogP contribution in [-0.4, -0.2) is 43.1 Å². The Morgan fingerprint density at radius 1 is 1.39 bits per heavy atom. The average Bonchev–Trinajstić information content (AvgIpc) is 2.78. The molecule has 0 spiro atoms. The van der Waals surface area contributed by atoms with E-state index in [9.17, 15) is 0 Å². The Hall–Kier alpha value is -0.980. The van der Waals surface area contributed by atoms with E-state index in [2.05, 4.69) is 29.3 Å². The highest BCUT2D eigenvalue weighted by atomic mass is 16.5. The maximum atomic E-state index is 5.36. The van der Waals surface area contributed by atoms with E-state index in [0.29, 0.717) is 38.0 Å². The summed E-state index contributed by atoms with van der Waals surface area (Å²) >= 11 is 0. The van der Waals surface area contributed by atoms with Crippen LogP contribution in [0.2, 0.25) is 0 Å². The molecule has 1 N–H and O–H groups in total. The maximum absolute atomic E-state index is 5.36. The molecule has 0 aliphatic carbocycles. The molecule has 0 aliphatic heterocycles. The summed E-state index contributed by atoms with van der Waals surface area (Å²) in [7, 11) is 1.68. The van der Waals surface area contributed by atoms with Gasteiger partial charge in [-0.3, -0.25) is 0 Å². The minimum atomic E-state index is 0.199. The van der Waals surface area contributed by atoms with Gasteiger partial charge in [-0.05, 0) is 13.0 Å². The molecular weight excluding hydrogens is 234 g/mol. The Kier molecular flexibility index (Phi) is 7.55. The molecule has 0 saturated heterocycles. The number of nitrogens with zero attached hydrogens (tertiary/aromatic N) is 2. The van der Waals surface area contributed by atoms with Gasteiger partial charge < -0.3 is 19.3 Å². The van der Waals surface area contributed by atoms with E-state index in [4.69, 9.17) is 14.0 Å². The van der Waals surface area contributed by atoms with Crippen LogP contribution in [0.15, 0.2) is 4.52 Å². The van der Waals surface area contributed by atoms with Gasteiger partial charge in [0.05, 0.1) is 6.61 Å². The molecule has 1 rings (SSSR count). The quantitative estimate of drug-likeness (QED) is 0.634. The van der Waals surface area contributed by atoms with Crippen LogP contribution in [0.25, 0.3) is 0 Å². The van der Waals surface area contributed by atoms with Crippen LogP contribution in [0.1, 0.15) is 32.0 Å². The Labute approximate surface area is 108 Å². The van der Waals surface area contributed by atoms with E-state index < -0.39 is 0 Å². The Morgan fingerprint density at radius 2 is 2.22 bits per heavy atom. The third-order valence-electron chi connectivity index (χ3n) is 2.37. The first-order valence-electron chi connectivity index (χ1n) is 6.41. The summed E-state index contributed by atoms with van der Waals surface area (Å²) in [5.41, 5.74) is 0. The van der Waals surface area contributed by atoms with Gasteiger partial charge in [-0.25, -0.2) is 0 Å². The normalized spacial score (nSPS) is 12.8. The predicted molar refractivity (Wildman–Crippen MR) is 67.3 cm³/mol. The maximum Gasteiger partial charge on any atom is 0.228 e. The van der Waals surface area contributed by atoms with Crippen LogP contribution in [0.5, 0.6) is 0 Å². The van der Waals surface area contributed by atoms with Crippen molar-refractivity contribution in [1.82, 2.24) is 15.5 Å². The van der Waals surface area contributed by atoms with Crippen molar-refractivity contribution in [3.8, 4) is 0 Å². The van der Waals surface area contributed by atoms with Crippen molar-refractivity contribution in [1.29, 1.82) is 0 Å². The molecule has 6 nitrogen and oxygen atoms in total. The number of rotatable bonds is 10. The molecule has 1 aromatic heterocycles. The van der Waals surface area contributed by atoms with Gasteiger partial charge in [0.25, 0.3) is 0 Å². The van der Waals surface area contributed by atoms with E-state index >= 15 is 0 Å². The highest BCUT2D eigenvalue weighted by Crippen LogP contribution is 2.03. The second-order valence-electron chi connectivity index (χ2n) is 4.07. The Bertz CT molecular complexity index is 311. The molecule has 1 aromatic rings. The zero-order valence-electron chi connectivity index (χ0n) is 11.4. The van der Waals surface area contributed by atoms with Crippen LogP contribution in [0.3, 0.4) is 0 Å². The van der Waals surface area contributed by atoms with Crippen LogP contribution in [0, 0.1) is 0 Å². The van der Waals surface area contributed by atoms with Gasteiger partial charge in [-0.2, -0.15) is 4.98 Å². The van der Waals surface area contributed by atoms with Gasteiger partial charge >= 0.3 is 0 Å². The number of ether oxygens (including phenoxy) is 2. The lowest BCUT2D eigenvalue weighted by molar-refractivity contribution is 0.114. The first kappa shape index (κ1) is 15.1. The summed E-state index contributed by atoms with van der Waals surface area (Å²) in [4.78, 5) is 4.29. The van der Waals surface area contributed by atoms with Gasteiger partial charge in [0.15, 0.2) is 5.82 Å². The topological polar surface area (TPSA) is 69.4 Å². The average molecular weight is 257 g/mol. The number of likely N-dealkylation sites (N-methyl/N-ethyl adjacent to an activating group) is 1. The summed E-state index contributed by atoms with van der Waals surface area (Å²) in [5.74, 6) is 1.22. The van der Waals surface area contributed by atoms with E-state index in [0.717, 1.165) is 13.0 Å². The van der Waals surface area contributed by atoms with Crippen molar-refractivity contribution in [2.24, 2.45) is 0 Å². The molecule has 6 heteroatoms. The lowest BCUT2D eigenvalue weighted by Crippen LogP contribution is -2.35. The molecule has 0 saturated carbocycles. The third kappa shape index (κ3) is 5.57. The molecule has 1 atom stereocenters. The largest absolute Gasteiger partial charge is 0.383 e. The van der Waals surface area contributed by atoms with Crippen molar-refractivity contribution in [3.05, 3.63) is 11.7 Å². The summed E-state index contributed by atoms with van der Waals surface area (Å²) in [5, 5.41) is 7.19. The first-order chi connectivity index (χ1) is 8.80. The molecule has 0 fully saturated rings. The number of hydrogen-bond donors (Lipinski definition) is 1. The summed E-state index contributed by atoms with van der Waals surface area (Å²) < 4.78 is 15.7. The summed E-state index contributed by atoms with van der Waals surface area (Å²) in [6.07, 6.45) is 1.66. The molecule has 0 bridgehead atoms. The number of methoxy groups -OCH3 is 1. The molecule has 104 valence electrons. The summed E-state index contributed by atoms with van der Waals surface area (Å²) in [6, 6.07) is 0.199. The Morgan fingerprint density at radius 3 is 2.89 bits per heavy atom. The highest BCUT2D eigenvalue weighted by Gasteiger charge is 2.13. The molecule has 0 amide bonds. The monoisotopic (exact) mass is 257 g/mol. The first-order valence-corrected chi connectivity index (χ1v) is 6.41. The fraction of sp³-hybridized carbons (Fsp3) is 0.833. The molecule has 1 unspecified atom stereocenters. The third-order valence-corrected chi connectivity index (χ3v) is 2.37. The number of hydrogen-bond acceptors (Lipinski definition) is 6. The lowest BCUT2D eigenvalue weighted by Gasteiger charge is -2.14. The second-order valence-corrected chi connectivity index (χ2v) is 4.07. The van der Waals surface area contributed by atoms with Crippen LogP contribution in [0.4, 0.5) is 0 Å². The van der Waals surface area contributed by atoms with Gasteiger partial charge in [0, 0.05) is 26.2 Å². The van der Waals surface area contributed by atoms with E-state index in [1.54, 1.807) is 7.11 Å². The minimum Gasteiger partial charge on any atom is -0.383 e. The molecular formula is C12H23N3O3. The van der Waals surface area contributed by atoms with Crippen molar-refractivity contribution >= 4 is 0 Å². The fourth-order valence-electron chi connectivity index (χ4n) is 1.63. The second kappa shape index (κ2) is 9.02. The minimum absolute atomic E-state index is 0.199. The van der Waals surface area contributed by atoms with Gasteiger partial charge in [0.2, 0.25) is 5.89 Å². The van der Waals surface area contributed by atoms with E-state index in [-0.39, 0.29) is 6.04 Å². The standard InChI is InChI=1S/C12H23N3O3/c1-4-6-17-9-11-14-12(18-15-11)7-10(8-16-3)13-5-2/h10,13H,4-9H2,1-3H3. The molecule has 1 heterocycles. The van der Waals surface area contributed by atoms with Gasteiger partial charge in [0.1, 0.15) is 6.61 Å². The van der Waals surface area contributed by atoms with Crippen molar-refractivity contribution in [3.63, 3.8) is 0 Å². The number of nitrogens with one attached hydrogen (secondary N) is 1. The summed E-state index contributed by atoms with van der Waals surface area (Å²) in [6.45, 7) is 6.75. The smallest absolute Gasteiger partial charge is 0.228 e. The zero-order chi connectivity index (χ0) is 13.2. The SMILES string of the molecule is CCCOCc1noc(CC(COC)NCC)n1. The van der Waals surface area contributed by atoms with Crippen LogP contribution >= 0.6 is 0 Å². The zero-order valence-corrected chi connectivity index (χ0v) is 11.4. The van der Waals surface area contributed by atoms with E-state index in [1.807, 2.05) is 0 Å². The van der Waals surface area contributed by atoms with Crippen LogP contribution < -0.4 is 5.32 Å². The molecule has 0 radical (unpaired) electrons. The van der Waals surface area contributed by atoms with Crippen molar-refractivity contribution < 1.29 is 14.0 Å². The fourth-order valence-corrected chi connectivity index (χ4v) is 1.63. The molecule has 0 aromatic carbocycles. The van der Waals surface area contributed by atoms with E-state index in [1.165, 1.54) is 0 Å². The Balaban J connectivity index is 2.40. The van der Waals surface area contributed by atoms with Gasteiger partial charge in [-0.15, -0.1) is 0 Å². The number of aromatic nitrogens is 2. The molecule has 0 aliphatic rings. The highest BCUT2D eigenvalue weighted by molar-refractivity contribution is 4.88. The van der Waals surface area contributed by atoms with Crippen LogP contribution in [-0.2, 0) is 22.5 Å². The van der Waals surface area contributed by atoms with Gasteiger partial charge in [-0.1, -0.05) is 19.0 Å².